The van der Waals surface area contributed by atoms with E-state index in [2.05, 4.69) is 12.2 Å². The number of nitro benzene ring substituents is 1. The third-order valence-electron chi connectivity index (χ3n) is 3.90. The molecule has 1 fully saturated rings. The summed E-state index contributed by atoms with van der Waals surface area (Å²) >= 11 is 2.00. The number of thioether (sulfide) groups is 1. The number of hydrogen-bond acceptors (Lipinski definition) is 4. The minimum absolute atomic E-state index is 0.0136. The van der Waals surface area contributed by atoms with Gasteiger partial charge >= 0.3 is 0 Å². The Hall–Kier alpha value is -1.07. The zero-order chi connectivity index (χ0) is 14.5. The average Bonchev–Trinajstić information content (AvgIpc) is 2.86. The van der Waals surface area contributed by atoms with Crippen molar-refractivity contribution >= 4 is 17.4 Å². The topological polar surface area (TPSA) is 55.2 Å². The molecule has 0 saturated heterocycles. The quantitative estimate of drug-likeness (QED) is 0.638. The van der Waals surface area contributed by atoms with Crippen LogP contribution in [-0.2, 0) is 0 Å². The molecule has 20 heavy (non-hydrogen) atoms. The van der Waals surface area contributed by atoms with Crippen LogP contribution in [0.3, 0.4) is 0 Å². The largest absolute Gasteiger partial charge is 0.306 e. The van der Waals surface area contributed by atoms with Gasteiger partial charge in [0.05, 0.1) is 4.92 Å². The Kier molecular flexibility index (Phi) is 5.43. The van der Waals surface area contributed by atoms with Crippen LogP contribution in [-0.4, -0.2) is 22.0 Å². The van der Waals surface area contributed by atoms with Crippen LogP contribution in [0.5, 0.6) is 0 Å². The normalized spacial score (nSPS) is 23.7. The van der Waals surface area contributed by atoms with E-state index in [0.717, 1.165) is 11.3 Å². The van der Waals surface area contributed by atoms with Crippen molar-refractivity contribution in [3.8, 4) is 0 Å². The molecule has 1 aliphatic rings. The van der Waals surface area contributed by atoms with Gasteiger partial charge in [-0.1, -0.05) is 31.5 Å². The molecule has 110 valence electrons. The highest BCUT2D eigenvalue weighted by Gasteiger charge is 2.29. The second-order valence-electron chi connectivity index (χ2n) is 5.24. The van der Waals surface area contributed by atoms with Crippen molar-refractivity contribution < 1.29 is 4.92 Å². The van der Waals surface area contributed by atoms with Crippen molar-refractivity contribution in [1.82, 2.24) is 5.32 Å². The monoisotopic (exact) mass is 294 g/mol. The molecule has 0 spiro atoms. The molecule has 0 aromatic heterocycles. The molecule has 1 saturated carbocycles. The van der Waals surface area contributed by atoms with Gasteiger partial charge in [-0.05, 0) is 25.5 Å². The molecule has 0 amide bonds. The lowest BCUT2D eigenvalue weighted by Gasteiger charge is -2.24. The maximum absolute atomic E-state index is 11.1. The molecule has 0 bridgehead atoms. The van der Waals surface area contributed by atoms with Crippen molar-refractivity contribution in [2.45, 2.75) is 50.4 Å². The molecule has 2 rings (SSSR count). The van der Waals surface area contributed by atoms with Gasteiger partial charge in [0.1, 0.15) is 0 Å². The molecule has 1 aliphatic carbocycles. The van der Waals surface area contributed by atoms with Gasteiger partial charge in [-0.15, -0.1) is 0 Å². The number of hydrogen-bond donors (Lipinski definition) is 1. The maximum atomic E-state index is 11.1. The third-order valence-corrected chi connectivity index (χ3v) is 5.22. The lowest BCUT2D eigenvalue weighted by molar-refractivity contribution is -0.385. The van der Waals surface area contributed by atoms with Crippen molar-refractivity contribution in [2.24, 2.45) is 0 Å². The van der Waals surface area contributed by atoms with Crippen molar-refractivity contribution in [3.05, 3.63) is 39.9 Å². The summed E-state index contributed by atoms with van der Waals surface area (Å²) in [6, 6.07) is 7.51. The highest BCUT2D eigenvalue weighted by molar-refractivity contribution is 7.99. The van der Waals surface area contributed by atoms with Crippen LogP contribution in [0.4, 0.5) is 5.69 Å². The van der Waals surface area contributed by atoms with Crippen molar-refractivity contribution in [1.29, 1.82) is 0 Å². The number of para-hydroxylation sites is 1. The lowest BCUT2D eigenvalue weighted by Crippen LogP contribution is -2.36. The number of benzene rings is 1. The van der Waals surface area contributed by atoms with E-state index in [9.17, 15) is 10.1 Å². The first-order chi connectivity index (χ1) is 9.63. The van der Waals surface area contributed by atoms with Crippen LogP contribution < -0.4 is 5.32 Å². The van der Waals surface area contributed by atoms with Gasteiger partial charge in [0.25, 0.3) is 5.69 Å². The van der Waals surface area contributed by atoms with Crippen LogP contribution >= 0.6 is 11.8 Å². The number of nitro groups is 1. The summed E-state index contributed by atoms with van der Waals surface area (Å²) in [6.07, 6.45) is 3.67. The molecule has 3 unspecified atom stereocenters. The second kappa shape index (κ2) is 7.09. The van der Waals surface area contributed by atoms with E-state index < -0.39 is 0 Å². The van der Waals surface area contributed by atoms with E-state index >= 15 is 0 Å². The molecule has 4 nitrogen and oxygen atoms in total. The molecular weight excluding hydrogens is 272 g/mol. The van der Waals surface area contributed by atoms with E-state index in [0.29, 0.717) is 11.3 Å². The molecular formula is C15H22N2O2S. The van der Waals surface area contributed by atoms with E-state index in [-0.39, 0.29) is 16.7 Å². The Bertz CT molecular complexity index is 467. The smallest absolute Gasteiger partial charge is 0.274 e. The number of nitrogens with one attached hydrogen (secondary N) is 1. The first kappa shape index (κ1) is 15.3. The fourth-order valence-electron chi connectivity index (χ4n) is 2.96. The van der Waals surface area contributed by atoms with Gasteiger partial charge in [-0.25, -0.2) is 0 Å². The van der Waals surface area contributed by atoms with Crippen LogP contribution in [0.15, 0.2) is 24.3 Å². The summed E-state index contributed by atoms with van der Waals surface area (Å²) in [6.45, 7) is 4.21. The molecule has 1 N–H and O–H groups in total. The Balaban J connectivity index is 2.08. The zero-order valence-corrected chi connectivity index (χ0v) is 12.9. The first-order valence-corrected chi connectivity index (χ1v) is 8.29. The van der Waals surface area contributed by atoms with Crippen LogP contribution in [0.1, 0.15) is 44.7 Å². The highest BCUT2D eigenvalue weighted by atomic mass is 32.2. The van der Waals surface area contributed by atoms with Crippen LogP contribution in [0.25, 0.3) is 0 Å². The summed E-state index contributed by atoms with van der Waals surface area (Å²) < 4.78 is 0. The average molecular weight is 294 g/mol. The summed E-state index contributed by atoms with van der Waals surface area (Å²) in [5.74, 6) is 1.13. The first-order valence-electron chi connectivity index (χ1n) is 7.24. The lowest BCUT2D eigenvalue weighted by atomic mass is 10.0. The SMILES string of the molecule is CCSC1CCCC1NC(C)c1ccccc1[N+](=O)[O-]. The van der Waals surface area contributed by atoms with Crippen molar-refractivity contribution in [2.75, 3.05) is 5.75 Å². The van der Waals surface area contributed by atoms with Gasteiger partial charge in [-0.3, -0.25) is 10.1 Å². The predicted octanol–water partition coefficient (Wildman–Crippen LogP) is 3.92. The Labute approximate surface area is 124 Å². The summed E-state index contributed by atoms with van der Waals surface area (Å²) in [4.78, 5) is 10.8. The summed E-state index contributed by atoms with van der Waals surface area (Å²) in [5.41, 5.74) is 0.995. The van der Waals surface area contributed by atoms with E-state index in [1.165, 1.54) is 19.3 Å². The molecule has 0 radical (unpaired) electrons. The van der Waals surface area contributed by atoms with E-state index in [1.54, 1.807) is 12.1 Å². The van der Waals surface area contributed by atoms with Crippen LogP contribution in [0, 0.1) is 10.1 Å². The van der Waals surface area contributed by atoms with Gasteiger partial charge < -0.3 is 5.32 Å². The standard InChI is InChI=1S/C15H22N2O2S/c1-3-20-15-10-6-8-13(15)16-11(2)12-7-4-5-9-14(12)17(18)19/h4-5,7,9,11,13,15-16H,3,6,8,10H2,1-2H3. The second-order valence-corrected chi connectivity index (χ2v) is 6.75. The Morgan fingerprint density at radius 2 is 2.20 bits per heavy atom. The fraction of sp³-hybridized carbons (Fsp3) is 0.600. The van der Waals surface area contributed by atoms with E-state index in [4.69, 9.17) is 0 Å². The van der Waals surface area contributed by atoms with Gasteiger partial charge in [0.2, 0.25) is 0 Å². The fourth-order valence-corrected chi connectivity index (χ4v) is 4.17. The maximum Gasteiger partial charge on any atom is 0.274 e. The summed E-state index contributed by atoms with van der Waals surface area (Å²) in [7, 11) is 0. The van der Waals surface area contributed by atoms with Gasteiger partial charge in [-0.2, -0.15) is 11.8 Å². The molecule has 0 aliphatic heterocycles. The van der Waals surface area contributed by atoms with E-state index in [1.807, 2.05) is 30.8 Å². The molecule has 0 heterocycles. The predicted molar refractivity (Wildman–Crippen MR) is 84.2 cm³/mol. The molecule has 1 aromatic rings. The molecule has 1 aromatic carbocycles. The third kappa shape index (κ3) is 3.52. The number of rotatable bonds is 6. The highest BCUT2D eigenvalue weighted by Crippen LogP contribution is 2.32. The number of nitrogens with zero attached hydrogens (tertiary/aromatic N) is 1. The summed E-state index contributed by atoms with van der Waals surface area (Å²) in [5, 5.41) is 15.3. The molecule has 3 atom stereocenters. The Morgan fingerprint density at radius 3 is 2.90 bits per heavy atom. The minimum atomic E-state index is -0.291. The zero-order valence-electron chi connectivity index (χ0n) is 12.0. The Morgan fingerprint density at radius 1 is 1.45 bits per heavy atom. The van der Waals surface area contributed by atoms with Gasteiger partial charge in [0.15, 0.2) is 0 Å². The van der Waals surface area contributed by atoms with Crippen molar-refractivity contribution in [3.63, 3.8) is 0 Å². The van der Waals surface area contributed by atoms with Gasteiger partial charge in [0, 0.05) is 29.0 Å². The molecule has 5 heteroatoms. The minimum Gasteiger partial charge on any atom is -0.306 e. The van der Waals surface area contributed by atoms with Crippen LogP contribution in [0.2, 0.25) is 0 Å².